The molecule has 10 nitrogen and oxygen atoms in total. The van der Waals surface area contributed by atoms with Gasteiger partial charge in [0.25, 0.3) is 0 Å². The van der Waals surface area contributed by atoms with Gasteiger partial charge in [-0.05, 0) is 165 Å². The summed E-state index contributed by atoms with van der Waals surface area (Å²) in [4.78, 5) is 39.7. The van der Waals surface area contributed by atoms with Gasteiger partial charge in [-0.2, -0.15) is 0 Å². The summed E-state index contributed by atoms with van der Waals surface area (Å²) >= 11 is 0. The van der Waals surface area contributed by atoms with Crippen molar-refractivity contribution >= 4 is 17.5 Å². The number of hydrogen-bond donors (Lipinski definition) is 7. The molecule has 2 atom stereocenters. The average molecular weight is 772 g/mol. The molecule has 0 heterocycles. The summed E-state index contributed by atoms with van der Waals surface area (Å²) in [6.45, 7) is 0.429. The van der Waals surface area contributed by atoms with Gasteiger partial charge in [0, 0.05) is 38.6 Å². The van der Waals surface area contributed by atoms with Gasteiger partial charge in [0.15, 0.2) is 34.5 Å². The van der Waals surface area contributed by atoms with Gasteiger partial charge < -0.3 is 36.0 Å². The molecule has 7 rings (SSSR count). The second kappa shape index (κ2) is 18.0. The van der Waals surface area contributed by atoms with Crippen LogP contribution in [-0.4, -0.2) is 54.7 Å². The maximum absolute atomic E-state index is 13.3. The maximum Gasteiger partial charge on any atom is 0.220 e. The van der Waals surface area contributed by atoms with Crippen molar-refractivity contribution in [2.24, 2.45) is 22.2 Å². The van der Waals surface area contributed by atoms with E-state index < -0.39 is 0 Å². The molecule has 4 saturated carbocycles. The van der Waals surface area contributed by atoms with E-state index in [4.69, 9.17) is 0 Å². The number of hydrogen-bond acceptors (Lipinski definition) is 9. The minimum Gasteiger partial charge on any atom is -0.504 e. The highest BCUT2D eigenvalue weighted by molar-refractivity contribution is 5.79. The van der Waals surface area contributed by atoms with Gasteiger partial charge in [0.1, 0.15) is 11.6 Å². The summed E-state index contributed by atoms with van der Waals surface area (Å²) in [5.74, 6) is 0.00550. The minimum atomic E-state index is -0.178. The van der Waals surface area contributed by atoms with E-state index in [1.54, 1.807) is 30.3 Å². The number of ketones is 2. The molecule has 0 saturated heterocycles. The number of Topliss-reactive ketones (excluding diaryl/α,β-unsaturated/α-hetero) is 2. The Labute approximate surface area is 331 Å². The highest BCUT2D eigenvalue weighted by Crippen LogP contribution is 2.73. The van der Waals surface area contributed by atoms with Crippen LogP contribution >= 0.6 is 0 Å². The van der Waals surface area contributed by atoms with Crippen molar-refractivity contribution in [3.05, 3.63) is 71.3 Å². The topological polar surface area (TPSA) is 185 Å². The van der Waals surface area contributed by atoms with E-state index >= 15 is 0 Å². The summed E-state index contributed by atoms with van der Waals surface area (Å²) in [6.07, 6.45) is 14.2. The lowest BCUT2D eigenvalue weighted by Crippen LogP contribution is -2.57. The van der Waals surface area contributed by atoms with Crippen molar-refractivity contribution in [2.45, 2.75) is 129 Å². The normalized spacial score (nSPS) is 23.4. The Balaban J connectivity index is 0.00000600. The second-order valence-electron chi connectivity index (χ2n) is 17.4. The molecule has 4 aliphatic carbocycles. The smallest absolute Gasteiger partial charge is 0.220 e. The summed E-state index contributed by atoms with van der Waals surface area (Å²) in [5, 5.41) is 61.3. The van der Waals surface area contributed by atoms with Crippen molar-refractivity contribution in [2.75, 3.05) is 6.54 Å². The molecular weight excluding hydrogens is 711 g/mol. The number of phenolic OH excluding ortho intramolecular Hbond substituents is 6. The third kappa shape index (κ3) is 10.8. The minimum absolute atomic E-state index is 0. The molecular formula is C46H61NO9. The molecule has 304 valence electrons. The fraction of sp³-hybridized carbons (Fsp3) is 0.543. The number of nitrogens with one attached hydrogen (secondary N) is 1. The lowest BCUT2D eigenvalue weighted by Gasteiger charge is -2.67. The highest BCUT2D eigenvalue weighted by atomic mass is 16.3. The Morgan fingerprint density at radius 3 is 1.29 bits per heavy atom. The number of carbonyl (C=O) groups excluding carboxylic acids is 3. The molecule has 10 heteroatoms. The summed E-state index contributed by atoms with van der Waals surface area (Å²) in [7, 11) is 0. The number of carbonyl (C=O) groups is 3. The largest absolute Gasteiger partial charge is 0.504 e. The number of phenols is 6. The van der Waals surface area contributed by atoms with Gasteiger partial charge in [-0.3, -0.25) is 14.4 Å². The Bertz CT molecular complexity index is 1650. The molecule has 4 fully saturated rings. The van der Waals surface area contributed by atoms with E-state index in [1.807, 2.05) is 0 Å². The first-order valence-corrected chi connectivity index (χ1v) is 20.1. The van der Waals surface area contributed by atoms with Crippen molar-refractivity contribution in [3.8, 4) is 34.5 Å². The molecule has 3 aromatic carbocycles. The molecule has 0 aliphatic heterocycles. The summed E-state index contributed by atoms with van der Waals surface area (Å²) in [6, 6.07) is 14.2. The van der Waals surface area contributed by atoms with E-state index in [1.165, 1.54) is 24.3 Å². The first-order chi connectivity index (χ1) is 26.2. The third-order valence-electron chi connectivity index (χ3n) is 12.9. The molecule has 4 bridgehead atoms. The summed E-state index contributed by atoms with van der Waals surface area (Å²) < 4.78 is 0. The van der Waals surface area contributed by atoms with Crippen LogP contribution in [0.1, 0.15) is 127 Å². The van der Waals surface area contributed by atoms with Gasteiger partial charge in [-0.1, -0.05) is 25.6 Å². The van der Waals surface area contributed by atoms with Crippen LogP contribution in [-0.2, 0) is 33.6 Å². The van der Waals surface area contributed by atoms with Crippen LogP contribution in [0.2, 0.25) is 0 Å². The zero-order chi connectivity index (χ0) is 39.2. The lowest BCUT2D eigenvalue weighted by atomic mass is 9.37. The first-order valence-electron chi connectivity index (χ1n) is 20.1. The van der Waals surface area contributed by atoms with E-state index in [0.717, 1.165) is 74.5 Å². The average Bonchev–Trinajstić information content (AvgIpc) is 3.13. The van der Waals surface area contributed by atoms with E-state index in [9.17, 15) is 45.0 Å². The Hall–Kier alpha value is -4.73. The molecule has 1 amide bonds. The van der Waals surface area contributed by atoms with Crippen molar-refractivity contribution < 1.29 is 45.0 Å². The van der Waals surface area contributed by atoms with E-state index in [2.05, 4.69) is 5.32 Å². The van der Waals surface area contributed by atoms with E-state index in [-0.39, 0.29) is 75.6 Å². The monoisotopic (exact) mass is 771 g/mol. The Kier molecular flexibility index (Phi) is 13.7. The van der Waals surface area contributed by atoms with Crippen LogP contribution < -0.4 is 5.32 Å². The molecule has 2 unspecified atom stereocenters. The molecule has 4 aliphatic rings. The van der Waals surface area contributed by atoms with Crippen LogP contribution in [0, 0.1) is 22.2 Å². The third-order valence-corrected chi connectivity index (χ3v) is 12.9. The first kappa shape index (κ1) is 42.4. The fourth-order valence-electron chi connectivity index (χ4n) is 10.9. The molecule has 0 aromatic heterocycles. The fourth-order valence-corrected chi connectivity index (χ4v) is 10.9. The molecule has 0 radical (unpaired) electrons. The van der Waals surface area contributed by atoms with Gasteiger partial charge >= 0.3 is 0 Å². The quantitative estimate of drug-likeness (QED) is 0.0552. The summed E-state index contributed by atoms with van der Waals surface area (Å²) in [5.41, 5.74) is 2.60. The number of amides is 1. The SMILES string of the molecule is C.O=C(CCCc1ccc(O)c(O)c1)CCC12CC3CC(CCC(=O)CCCc4ccc(O)c(O)c4)(C1)CC(CCC(=O)NCCc1ccc(O)c(O)c1)(C3)C2. The van der Waals surface area contributed by atoms with Crippen molar-refractivity contribution in [3.63, 3.8) is 0 Å². The molecule has 7 N–H and O–H groups in total. The van der Waals surface area contributed by atoms with Gasteiger partial charge in [-0.15, -0.1) is 0 Å². The Morgan fingerprint density at radius 1 is 0.518 bits per heavy atom. The Morgan fingerprint density at radius 2 is 0.893 bits per heavy atom. The zero-order valence-corrected chi connectivity index (χ0v) is 31.8. The second-order valence-corrected chi connectivity index (χ2v) is 17.4. The number of benzene rings is 3. The zero-order valence-electron chi connectivity index (χ0n) is 31.8. The molecule has 3 aromatic rings. The van der Waals surface area contributed by atoms with E-state index in [0.29, 0.717) is 76.7 Å². The predicted octanol–water partition coefficient (Wildman–Crippen LogP) is 8.70. The number of aryl methyl sites for hydroxylation is 2. The van der Waals surface area contributed by atoms with Crippen LogP contribution in [0.15, 0.2) is 54.6 Å². The highest BCUT2D eigenvalue weighted by Gasteiger charge is 2.62. The standard InChI is InChI=1S/C45H57NO9.CH4/c47-34(5-1-3-30-7-10-36(49)39(52)21-30)13-17-43-24-33-25-44(27-43,18-14-35(48)6-2-4-31-8-11-37(50)40(53)22-31)29-45(26-33,28-43)19-15-42(55)46-20-16-32-9-12-38(51)41(54)23-32;/h7-12,21-23,33,49-54H,1-6,13-20,24-29H2,(H,46,55);1H4. The van der Waals surface area contributed by atoms with Gasteiger partial charge in [0.05, 0.1) is 0 Å². The van der Waals surface area contributed by atoms with Crippen LogP contribution in [0.25, 0.3) is 0 Å². The van der Waals surface area contributed by atoms with Crippen LogP contribution in [0.4, 0.5) is 0 Å². The van der Waals surface area contributed by atoms with Gasteiger partial charge in [0.2, 0.25) is 5.91 Å². The lowest BCUT2D eigenvalue weighted by molar-refractivity contribution is -0.171. The van der Waals surface area contributed by atoms with Crippen LogP contribution in [0.3, 0.4) is 0 Å². The number of rotatable bonds is 20. The van der Waals surface area contributed by atoms with Crippen LogP contribution in [0.5, 0.6) is 34.5 Å². The van der Waals surface area contributed by atoms with Crippen molar-refractivity contribution in [1.82, 2.24) is 5.32 Å². The number of aromatic hydroxyl groups is 6. The van der Waals surface area contributed by atoms with Crippen molar-refractivity contribution in [1.29, 1.82) is 0 Å². The molecule has 0 spiro atoms. The predicted molar refractivity (Wildman–Crippen MR) is 215 cm³/mol. The maximum atomic E-state index is 13.3. The van der Waals surface area contributed by atoms with Gasteiger partial charge in [-0.25, -0.2) is 0 Å². The molecule has 56 heavy (non-hydrogen) atoms.